The molecule has 2 N–H and O–H groups in total. The molecular weight excluding hydrogens is 284 g/mol. The van der Waals surface area contributed by atoms with Gasteiger partial charge in [0.25, 0.3) is 0 Å². The van der Waals surface area contributed by atoms with Gasteiger partial charge in [-0.1, -0.05) is 34.1 Å². The lowest BCUT2D eigenvalue weighted by Gasteiger charge is -2.27. The van der Waals surface area contributed by atoms with Crippen LogP contribution in [0.3, 0.4) is 0 Å². The summed E-state index contributed by atoms with van der Waals surface area (Å²) in [7, 11) is 0. The summed E-state index contributed by atoms with van der Waals surface area (Å²) in [5.74, 6) is -0.269. The van der Waals surface area contributed by atoms with Gasteiger partial charge >= 0.3 is 0 Å². The number of hydrogen-bond acceptors (Lipinski definition) is 2. The fourth-order valence-electron chi connectivity index (χ4n) is 1.77. The minimum Gasteiger partial charge on any atom is -0.343 e. The van der Waals surface area contributed by atoms with Crippen LogP contribution in [-0.4, -0.2) is 23.9 Å². The van der Waals surface area contributed by atoms with E-state index in [0.29, 0.717) is 6.42 Å². The molecule has 2 rings (SSSR count). The van der Waals surface area contributed by atoms with E-state index >= 15 is 0 Å². The molecule has 1 fully saturated rings. The van der Waals surface area contributed by atoms with Gasteiger partial charge in [-0.25, -0.2) is 0 Å². The van der Waals surface area contributed by atoms with E-state index in [1.807, 2.05) is 24.3 Å². The van der Waals surface area contributed by atoms with Crippen LogP contribution in [0, 0.1) is 0 Å². The molecule has 0 aromatic heterocycles. The van der Waals surface area contributed by atoms with E-state index in [0.717, 1.165) is 10.0 Å². The van der Waals surface area contributed by atoms with Crippen molar-refractivity contribution in [3.05, 3.63) is 34.3 Å². The van der Waals surface area contributed by atoms with Crippen LogP contribution >= 0.6 is 15.9 Å². The quantitative estimate of drug-likeness (QED) is 0.855. The molecule has 0 aliphatic carbocycles. The van der Waals surface area contributed by atoms with Crippen LogP contribution < -0.4 is 10.6 Å². The summed E-state index contributed by atoms with van der Waals surface area (Å²) in [5.41, 5.74) is 1.00. The third kappa shape index (κ3) is 2.66. The van der Waals surface area contributed by atoms with Gasteiger partial charge in [0.15, 0.2) is 0 Å². The minimum absolute atomic E-state index is 0.132. The summed E-state index contributed by atoms with van der Waals surface area (Å²) in [6, 6.07) is 6.73. The minimum atomic E-state index is -0.489. The van der Waals surface area contributed by atoms with E-state index in [1.165, 1.54) is 0 Å². The van der Waals surface area contributed by atoms with E-state index in [4.69, 9.17) is 0 Å². The maximum absolute atomic E-state index is 11.7. The van der Waals surface area contributed by atoms with Gasteiger partial charge in [0.1, 0.15) is 12.1 Å². The number of rotatable bonds is 2. The number of carbonyl (C=O) groups excluding carboxylic acids is 2. The number of piperazine rings is 1. The molecule has 0 radical (unpaired) electrons. The summed E-state index contributed by atoms with van der Waals surface area (Å²) < 4.78 is 0.945. The van der Waals surface area contributed by atoms with E-state index < -0.39 is 12.1 Å². The Morgan fingerprint density at radius 1 is 1.18 bits per heavy atom. The first-order valence-electron chi connectivity index (χ1n) is 5.42. The van der Waals surface area contributed by atoms with Crippen molar-refractivity contribution in [1.29, 1.82) is 0 Å². The monoisotopic (exact) mass is 296 g/mol. The lowest BCUT2D eigenvalue weighted by molar-refractivity contribution is -0.136. The molecule has 0 saturated carbocycles. The van der Waals surface area contributed by atoms with Gasteiger partial charge in [-0.15, -0.1) is 0 Å². The molecule has 0 bridgehead atoms. The SMILES string of the molecule is C[C@H]1NC(=O)C(Cc2ccccc2Br)NC1=O. The maximum Gasteiger partial charge on any atom is 0.243 e. The molecule has 1 aliphatic rings. The molecule has 1 aromatic rings. The first-order valence-corrected chi connectivity index (χ1v) is 6.21. The predicted molar refractivity (Wildman–Crippen MR) is 67.4 cm³/mol. The number of hydrogen-bond donors (Lipinski definition) is 2. The smallest absolute Gasteiger partial charge is 0.243 e. The second-order valence-electron chi connectivity index (χ2n) is 4.09. The number of benzene rings is 1. The standard InChI is InChI=1S/C12H13BrN2O2/c1-7-11(16)15-10(12(17)14-7)6-8-4-2-3-5-9(8)13/h2-5,7,10H,6H2,1H3,(H,14,17)(H,15,16)/t7-,10?/m1/s1. The number of carbonyl (C=O) groups is 2. The van der Waals surface area contributed by atoms with Crippen molar-refractivity contribution in [2.75, 3.05) is 0 Å². The summed E-state index contributed by atoms with van der Waals surface area (Å²) in [6.45, 7) is 1.67. The van der Waals surface area contributed by atoms with Crippen molar-refractivity contribution in [1.82, 2.24) is 10.6 Å². The maximum atomic E-state index is 11.7. The normalized spacial score (nSPS) is 24.1. The third-order valence-corrected chi connectivity index (χ3v) is 3.54. The molecule has 0 spiro atoms. The van der Waals surface area contributed by atoms with E-state index in [-0.39, 0.29) is 11.8 Å². The lowest BCUT2D eigenvalue weighted by atomic mass is 10.0. The Morgan fingerprint density at radius 2 is 1.88 bits per heavy atom. The molecular formula is C12H13BrN2O2. The molecule has 1 aromatic carbocycles. The second-order valence-corrected chi connectivity index (χ2v) is 4.94. The fourth-order valence-corrected chi connectivity index (χ4v) is 2.22. The van der Waals surface area contributed by atoms with E-state index in [2.05, 4.69) is 26.6 Å². The van der Waals surface area contributed by atoms with E-state index in [1.54, 1.807) is 6.92 Å². The van der Waals surface area contributed by atoms with Gasteiger partial charge in [0, 0.05) is 10.9 Å². The highest BCUT2D eigenvalue weighted by Gasteiger charge is 2.31. The summed E-state index contributed by atoms with van der Waals surface area (Å²) in [6.07, 6.45) is 0.492. The Kier molecular flexibility index (Phi) is 3.47. The zero-order valence-corrected chi connectivity index (χ0v) is 11.0. The summed E-state index contributed by atoms with van der Waals surface area (Å²) >= 11 is 3.43. The Hall–Kier alpha value is -1.36. The highest BCUT2D eigenvalue weighted by molar-refractivity contribution is 9.10. The van der Waals surface area contributed by atoms with Gasteiger partial charge in [-0.3, -0.25) is 9.59 Å². The number of amides is 2. The van der Waals surface area contributed by atoms with Gasteiger partial charge < -0.3 is 10.6 Å². The van der Waals surface area contributed by atoms with Crippen molar-refractivity contribution in [2.24, 2.45) is 0 Å². The first kappa shape index (κ1) is 12.1. The number of nitrogens with one attached hydrogen (secondary N) is 2. The van der Waals surface area contributed by atoms with Crippen molar-refractivity contribution >= 4 is 27.7 Å². The average molecular weight is 297 g/mol. The van der Waals surface area contributed by atoms with Gasteiger partial charge in [0.05, 0.1) is 0 Å². The average Bonchev–Trinajstić information content (AvgIpc) is 2.29. The van der Waals surface area contributed by atoms with Gasteiger partial charge in [0.2, 0.25) is 11.8 Å². The molecule has 4 nitrogen and oxygen atoms in total. The molecule has 1 saturated heterocycles. The Bertz CT molecular complexity index is 462. The highest BCUT2D eigenvalue weighted by Crippen LogP contribution is 2.18. The second kappa shape index (κ2) is 4.87. The molecule has 1 heterocycles. The fraction of sp³-hybridized carbons (Fsp3) is 0.333. The third-order valence-electron chi connectivity index (χ3n) is 2.77. The zero-order valence-electron chi connectivity index (χ0n) is 9.37. The van der Waals surface area contributed by atoms with Crippen LogP contribution in [0.2, 0.25) is 0 Å². The molecule has 1 unspecified atom stereocenters. The first-order chi connectivity index (χ1) is 8.08. The van der Waals surface area contributed by atoms with Crippen LogP contribution in [0.4, 0.5) is 0 Å². The van der Waals surface area contributed by atoms with E-state index in [9.17, 15) is 9.59 Å². The van der Waals surface area contributed by atoms with Crippen LogP contribution in [0.25, 0.3) is 0 Å². The topological polar surface area (TPSA) is 58.2 Å². The molecule has 2 atom stereocenters. The molecule has 5 heteroatoms. The molecule has 17 heavy (non-hydrogen) atoms. The van der Waals surface area contributed by atoms with Crippen molar-refractivity contribution in [3.63, 3.8) is 0 Å². The molecule has 2 amide bonds. The largest absolute Gasteiger partial charge is 0.343 e. The van der Waals surface area contributed by atoms with Crippen molar-refractivity contribution in [2.45, 2.75) is 25.4 Å². The Morgan fingerprint density at radius 3 is 2.59 bits per heavy atom. The van der Waals surface area contributed by atoms with Gasteiger partial charge in [-0.05, 0) is 18.6 Å². The van der Waals surface area contributed by atoms with Crippen LogP contribution in [0.5, 0.6) is 0 Å². The predicted octanol–water partition coefficient (Wildman–Crippen LogP) is 0.995. The Balaban J connectivity index is 2.12. The van der Waals surface area contributed by atoms with Crippen molar-refractivity contribution in [3.8, 4) is 0 Å². The number of halogens is 1. The lowest BCUT2D eigenvalue weighted by Crippen LogP contribution is -2.61. The van der Waals surface area contributed by atoms with Crippen LogP contribution in [0.1, 0.15) is 12.5 Å². The van der Waals surface area contributed by atoms with Crippen LogP contribution in [0.15, 0.2) is 28.7 Å². The highest BCUT2D eigenvalue weighted by atomic mass is 79.9. The zero-order chi connectivity index (χ0) is 12.4. The van der Waals surface area contributed by atoms with Crippen LogP contribution in [-0.2, 0) is 16.0 Å². The summed E-state index contributed by atoms with van der Waals surface area (Å²) in [4.78, 5) is 23.2. The Labute approximate surface area is 108 Å². The van der Waals surface area contributed by atoms with Gasteiger partial charge in [-0.2, -0.15) is 0 Å². The molecule has 90 valence electrons. The van der Waals surface area contributed by atoms with Crippen molar-refractivity contribution < 1.29 is 9.59 Å². The summed E-state index contributed by atoms with van der Waals surface area (Å²) in [5, 5.41) is 5.37. The molecule has 1 aliphatic heterocycles.